The number of hydrogen-bond acceptors (Lipinski definition) is 3. The highest BCUT2D eigenvalue weighted by molar-refractivity contribution is 8.15. The quantitative estimate of drug-likeness (QED) is 0.521. The van der Waals surface area contributed by atoms with Crippen LogP contribution in [0.4, 0.5) is 0 Å². The summed E-state index contributed by atoms with van der Waals surface area (Å²) in [5.41, 5.74) is -0.0755. The fraction of sp³-hybridized carbons (Fsp3) is 0.750. The lowest BCUT2D eigenvalue weighted by Crippen LogP contribution is -2.27. The maximum absolute atomic E-state index is 11.2. The number of carbonyl (C=O) groups excluding carboxylic acids is 2. The van der Waals surface area contributed by atoms with Gasteiger partial charge >= 0.3 is 0 Å². The van der Waals surface area contributed by atoms with E-state index in [2.05, 4.69) is 0 Å². The van der Waals surface area contributed by atoms with Gasteiger partial charge in [-0.3, -0.25) is 9.59 Å². The number of hydrogen-bond donors (Lipinski definition) is 0. The average molecular weight is 172 g/mol. The first-order valence-corrected chi connectivity index (χ1v) is 4.51. The average Bonchev–Trinajstić information content (AvgIpc) is 2.08. The Bertz CT molecular complexity index is 203. The van der Waals surface area contributed by atoms with Gasteiger partial charge in [0.15, 0.2) is 10.9 Å². The Morgan fingerprint density at radius 3 is 2.09 bits per heavy atom. The molecule has 1 rings (SSSR count). The second kappa shape index (κ2) is 2.63. The Balaban J connectivity index is 2.76. The molecule has 0 aromatic rings. The summed E-state index contributed by atoms with van der Waals surface area (Å²) in [5.74, 6) is 0.0903. The minimum atomic E-state index is -0.116. The van der Waals surface area contributed by atoms with Gasteiger partial charge in [-0.15, -0.1) is 0 Å². The maximum atomic E-state index is 11.2. The van der Waals surface area contributed by atoms with E-state index in [0.29, 0.717) is 0 Å². The summed E-state index contributed by atoms with van der Waals surface area (Å²) < 4.78 is 0. The van der Waals surface area contributed by atoms with Crippen molar-refractivity contribution in [3.63, 3.8) is 0 Å². The molecule has 62 valence electrons. The molecule has 1 aliphatic rings. The zero-order valence-corrected chi connectivity index (χ0v) is 7.83. The van der Waals surface area contributed by atoms with E-state index in [0.717, 1.165) is 0 Å². The third-order valence-electron chi connectivity index (χ3n) is 1.65. The molecular weight excluding hydrogens is 160 g/mol. The minimum Gasteiger partial charge on any atom is -0.298 e. The lowest BCUT2D eigenvalue weighted by atomic mass is 9.89. The molecule has 0 N–H and O–H groups in total. The van der Waals surface area contributed by atoms with Gasteiger partial charge in [0.05, 0.1) is 11.7 Å². The smallest absolute Gasteiger partial charge is 0.197 e. The summed E-state index contributed by atoms with van der Waals surface area (Å²) in [6.07, 6.45) is 0.132. The highest BCUT2D eigenvalue weighted by atomic mass is 32.2. The van der Waals surface area contributed by atoms with E-state index in [-0.39, 0.29) is 28.0 Å². The fourth-order valence-corrected chi connectivity index (χ4v) is 2.19. The van der Waals surface area contributed by atoms with Crippen molar-refractivity contribution in [1.82, 2.24) is 0 Å². The van der Waals surface area contributed by atoms with E-state index in [1.54, 1.807) is 0 Å². The van der Waals surface area contributed by atoms with Crippen LogP contribution in [0.25, 0.3) is 0 Å². The molecule has 0 radical (unpaired) electrons. The normalized spacial score (nSPS) is 26.3. The lowest BCUT2D eigenvalue weighted by molar-refractivity contribution is -0.122. The lowest BCUT2D eigenvalue weighted by Gasteiger charge is -2.23. The predicted molar refractivity (Wildman–Crippen MR) is 45.5 cm³/mol. The topological polar surface area (TPSA) is 34.1 Å². The standard InChI is InChI=1S/C8H12O2S/c1-8(2,3)7-5(9)4-6(10)11-7/h7H,4H2,1-3H3. The highest BCUT2D eigenvalue weighted by Gasteiger charge is 2.39. The summed E-state index contributed by atoms with van der Waals surface area (Å²) in [4.78, 5) is 22.0. The van der Waals surface area contributed by atoms with E-state index in [1.807, 2.05) is 20.8 Å². The SMILES string of the molecule is CC(C)(C)C1SC(=O)CC1=O. The fourth-order valence-electron chi connectivity index (χ4n) is 1.13. The van der Waals surface area contributed by atoms with Gasteiger partial charge in [-0.2, -0.15) is 0 Å². The molecule has 1 fully saturated rings. The largest absolute Gasteiger partial charge is 0.298 e. The van der Waals surface area contributed by atoms with Crippen molar-refractivity contribution in [3.8, 4) is 0 Å². The van der Waals surface area contributed by atoms with Gasteiger partial charge < -0.3 is 0 Å². The molecule has 0 saturated carbocycles. The second-order valence-electron chi connectivity index (χ2n) is 3.88. The zero-order chi connectivity index (χ0) is 8.65. The van der Waals surface area contributed by atoms with Crippen LogP contribution in [0.15, 0.2) is 0 Å². The van der Waals surface area contributed by atoms with Crippen LogP contribution in [-0.2, 0) is 9.59 Å². The molecule has 3 heteroatoms. The molecule has 1 heterocycles. The van der Waals surface area contributed by atoms with Gasteiger partial charge in [0.1, 0.15) is 0 Å². The van der Waals surface area contributed by atoms with E-state index < -0.39 is 0 Å². The Morgan fingerprint density at radius 1 is 1.36 bits per heavy atom. The van der Waals surface area contributed by atoms with E-state index >= 15 is 0 Å². The number of ketones is 1. The Labute approximate surface area is 70.7 Å². The molecule has 0 bridgehead atoms. The Kier molecular flexibility index (Phi) is 2.10. The monoisotopic (exact) mass is 172 g/mol. The van der Waals surface area contributed by atoms with Gasteiger partial charge in [-0.1, -0.05) is 32.5 Å². The van der Waals surface area contributed by atoms with E-state index in [4.69, 9.17) is 0 Å². The number of thioether (sulfide) groups is 1. The molecule has 2 nitrogen and oxygen atoms in total. The summed E-state index contributed by atoms with van der Waals surface area (Å²) >= 11 is 1.19. The second-order valence-corrected chi connectivity index (χ2v) is 5.04. The summed E-state index contributed by atoms with van der Waals surface area (Å²) in [6.45, 7) is 5.96. The van der Waals surface area contributed by atoms with Crippen LogP contribution in [0.2, 0.25) is 0 Å². The van der Waals surface area contributed by atoms with Crippen molar-refractivity contribution in [1.29, 1.82) is 0 Å². The van der Waals surface area contributed by atoms with Crippen LogP contribution in [-0.4, -0.2) is 16.1 Å². The molecule has 0 aliphatic carbocycles. The molecule has 1 atom stereocenters. The van der Waals surface area contributed by atoms with Crippen molar-refractivity contribution in [2.45, 2.75) is 32.4 Å². The summed E-state index contributed by atoms with van der Waals surface area (Å²) in [7, 11) is 0. The summed E-state index contributed by atoms with van der Waals surface area (Å²) in [5, 5.41) is -0.0927. The Hall–Kier alpha value is -0.310. The molecule has 0 amide bonds. The van der Waals surface area contributed by atoms with Gasteiger partial charge in [-0.05, 0) is 5.41 Å². The summed E-state index contributed by atoms with van der Waals surface area (Å²) in [6, 6.07) is 0. The van der Waals surface area contributed by atoms with Crippen LogP contribution in [0, 0.1) is 5.41 Å². The Morgan fingerprint density at radius 2 is 1.91 bits per heavy atom. The van der Waals surface area contributed by atoms with E-state index in [1.165, 1.54) is 11.8 Å². The third kappa shape index (κ3) is 1.83. The van der Waals surface area contributed by atoms with Crippen LogP contribution in [0.5, 0.6) is 0 Å². The molecular formula is C8H12O2S. The third-order valence-corrected chi connectivity index (χ3v) is 3.26. The van der Waals surface area contributed by atoms with Crippen LogP contribution < -0.4 is 0 Å². The van der Waals surface area contributed by atoms with Crippen molar-refractivity contribution < 1.29 is 9.59 Å². The van der Waals surface area contributed by atoms with Gasteiger partial charge in [0.25, 0.3) is 0 Å². The van der Waals surface area contributed by atoms with Crippen LogP contribution in [0.3, 0.4) is 0 Å². The van der Waals surface area contributed by atoms with Gasteiger partial charge in [0.2, 0.25) is 0 Å². The van der Waals surface area contributed by atoms with Crippen LogP contribution >= 0.6 is 11.8 Å². The molecule has 0 aromatic carbocycles. The predicted octanol–water partition coefficient (Wildman–Crippen LogP) is 1.63. The molecule has 1 saturated heterocycles. The molecule has 0 spiro atoms. The zero-order valence-electron chi connectivity index (χ0n) is 7.01. The number of carbonyl (C=O) groups is 2. The first kappa shape index (κ1) is 8.78. The van der Waals surface area contributed by atoms with Gasteiger partial charge in [0, 0.05) is 0 Å². The highest BCUT2D eigenvalue weighted by Crippen LogP contribution is 2.37. The molecule has 1 unspecified atom stereocenters. The first-order valence-electron chi connectivity index (χ1n) is 3.63. The van der Waals surface area contributed by atoms with Crippen LogP contribution in [0.1, 0.15) is 27.2 Å². The van der Waals surface area contributed by atoms with Crippen molar-refractivity contribution in [3.05, 3.63) is 0 Å². The van der Waals surface area contributed by atoms with Crippen molar-refractivity contribution in [2.75, 3.05) is 0 Å². The first-order chi connectivity index (χ1) is 4.91. The van der Waals surface area contributed by atoms with Crippen molar-refractivity contribution >= 4 is 22.7 Å². The number of rotatable bonds is 0. The minimum absolute atomic E-state index is 0.0231. The van der Waals surface area contributed by atoms with Crippen molar-refractivity contribution in [2.24, 2.45) is 5.41 Å². The maximum Gasteiger partial charge on any atom is 0.197 e. The van der Waals surface area contributed by atoms with E-state index in [9.17, 15) is 9.59 Å². The van der Waals surface area contributed by atoms with Gasteiger partial charge in [-0.25, -0.2) is 0 Å². The molecule has 1 aliphatic heterocycles. The molecule has 0 aromatic heterocycles. The number of Topliss-reactive ketones (excluding diaryl/α,β-unsaturated/α-hetero) is 1. The molecule has 11 heavy (non-hydrogen) atoms.